The van der Waals surface area contributed by atoms with Crippen LogP contribution < -0.4 is 16.0 Å². The van der Waals surface area contributed by atoms with Gasteiger partial charge in [-0.1, -0.05) is 32.9 Å². The van der Waals surface area contributed by atoms with Crippen molar-refractivity contribution in [2.75, 3.05) is 0 Å². The molecule has 0 aliphatic carbocycles. The summed E-state index contributed by atoms with van der Waals surface area (Å²) in [7, 11) is 0. The molecule has 1 aliphatic heterocycles. The van der Waals surface area contributed by atoms with Gasteiger partial charge in [-0.15, -0.1) is 0 Å². The largest absolute Gasteiger partial charge is 0.349 e. The van der Waals surface area contributed by atoms with E-state index in [1.165, 1.54) is 12.1 Å². The Hall–Kier alpha value is -2.44. The molecule has 2 rings (SSSR count). The highest BCUT2D eigenvalue weighted by Crippen LogP contribution is 2.32. The van der Waals surface area contributed by atoms with Crippen molar-refractivity contribution in [2.24, 2.45) is 5.41 Å². The second-order valence-corrected chi connectivity index (χ2v) is 6.97. The summed E-state index contributed by atoms with van der Waals surface area (Å²) in [4.78, 5) is 34.8. The maximum Gasteiger partial charge on any atom is 0.322 e. The number of hydrogen-bond donors (Lipinski definition) is 3. The SMILES string of the molecule is CC(C)(C)[C@@H](NC(=O)CC[C@H]1NC(=O)NC1=O)c1ccc(F)cc1. The van der Waals surface area contributed by atoms with Crippen LogP contribution in [0, 0.1) is 11.2 Å². The van der Waals surface area contributed by atoms with Gasteiger partial charge >= 0.3 is 6.03 Å². The normalized spacial score (nSPS) is 18.8. The molecule has 0 unspecified atom stereocenters. The van der Waals surface area contributed by atoms with Crippen molar-refractivity contribution >= 4 is 17.8 Å². The first-order chi connectivity index (χ1) is 11.2. The van der Waals surface area contributed by atoms with Crippen LogP contribution in [0.3, 0.4) is 0 Å². The van der Waals surface area contributed by atoms with Gasteiger partial charge < -0.3 is 10.6 Å². The van der Waals surface area contributed by atoms with Crippen molar-refractivity contribution in [2.45, 2.75) is 45.7 Å². The van der Waals surface area contributed by atoms with Crippen LogP contribution in [0.4, 0.5) is 9.18 Å². The van der Waals surface area contributed by atoms with E-state index in [1.54, 1.807) is 12.1 Å². The summed E-state index contributed by atoms with van der Waals surface area (Å²) in [6.07, 6.45) is 0.329. The number of benzene rings is 1. The van der Waals surface area contributed by atoms with E-state index >= 15 is 0 Å². The first-order valence-electron chi connectivity index (χ1n) is 7.83. The van der Waals surface area contributed by atoms with E-state index in [9.17, 15) is 18.8 Å². The fourth-order valence-electron chi connectivity index (χ4n) is 2.63. The highest BCUT2D eigenvalue weighted by atomic mass is 19.1. The predicted molar refractivity (Wildman–Crippen MR) is 86.4 cm³/mol. The molecule has 6 nitrogen and oxygen atoms in total. The number of imide groups is 1. The second-order valence-electron chi connectivity index (χ2n) is 6.97. The van der Waals surface area contributed by atoms with Gasteiger partial charge in [0.25, 0.3) is 5.91 Å². The second kappa shape index (κ2) is 6.98. The molecule has 130 valence electrons. The number of carbonyl (C=O) groups excluding carboxylic acids is 3. The van der Waals surface area contributed by atoms with Crippen LogP contribution in [0.5, 0.6) is 0 Å². The topological polar surface area (TPSA) is 87.3 Å². The minimum absolute atomic E-state index is 0.103. The highest BCUT2D eigenvalue weighted by molar-refractivity contribution is 6.04. The molecule has 0 saturated carbocycles. The molecule has 4 amide bonds. The van der Waals surface area contributed by atoms with E-state index in [1.807, 2.05) is 20.8 Å². The lowest BCUT2D eigenvalue weighted by Crippen LogP contribution is -2.38. The zero-order chi connectivity index (χ0) is 17.9. The summed E-state index contributed by atoms with van der Waals surface area (Å²) in [6, 6.07) is 4.51. The zero-order valence-electron chi connectivity index (χ0n) is 14.0. The fraction of sp³-hybridized carbons (Fsp3) is 0.471. The van der Waals surface area contributed by atoms with E-state index in [-0.39, 0.29) is 36.0 Å². The molecule has 3 N–H and O–H groups in total. The summed E-state index contributed by atoms with van der Waals surface area (Å²) < 4.78 is 13.1. The lowest BCUT2D eigenvalue weighted by molar-refractivity contribution is -0.123. The smallest absolute Gasteiger partial charge is 0.322 e. The number of halogens is 1. The Bertz CT molecular complexity index is 637. The quantitative estimate of drug-likeness (QED) is 0.720. The number of rotatable bonds is 5. The summed E-state index contributed by atoms with van der Waals surface area (Å²) in [5.74, 6) is -0.979. The van der Waals surface area contributed by atoms with Gasteiger partial charge in [0.2, 0.25) is 5.91 Å². The first-order valence-corrected chi connectivity index (χ1v) is 7.83. The Morgan fingerprint density at radius 2 is 1.88 bits per heavy atom. The molecule has 2 atom stereocenters. The molecule has 1 saturated heterocycles. The van der Waals surface area contributed by atoms with Gasteiger partial charge in [0.05, 0.1) is 6.04 Å². The van der Waals surface area contributed by atoms with Gasteiger partial charge in [0, 0.05) is 6.42 Å². The molecule has 7 heteroatoms. The number of urea groups is 1. The Labute approximate surface area is 140 Å². The van der Waals surface area contributed by atoms with Gasteiger partial charge in [-0.3, -0.25) is 14.9 Å². The standard InChI is InChI=1S/C17H22FN3O3/c1-17(2,3)14(10-4-6-11(18)7-5-10)20-13(22)9-8-12-15(23)21-16(24)19-12/h4-7,12,14H,8-9H2,1-3H3,(H,20,22)(H2,19,21,23,24)/t12-,14+/m1/s1. The molecule has 1 fully saturated rings. The molecular formula is C17H22FN3O3. The van der Waals surface area contributed by atoms with Gasteiger partial charge in [-0.05, 0) is 29.5 Å². The third-order valence-corrected chi connectivity index (χ3v) is 3.89. The van der Waals surface area contributed by atoms with Crippen molar-refractivity contribution in [3.05, 3.63) is 35.6 Å². The fourth-order valence-corrected chi connectivity index (χ4v) is 2.63. The predicted octanol–water partition coefficient (Wildman–Crippen LogP) is 2.02. The third kappa shape index (κ3) is 4.53. The van der Waals surface area contributed by atoms with Crippen molar-refractivity contribution < 1.29 is 18.8 Å². The summed E-state index contributed by atoms with van der Waals surface area (Å²) in [6.45, 7) is 5.93. The molecule has 1 aromatic carbocycles. The van der Waals surface area contributed by atoms with Crippen LogP contribution in [0.25, 0.3) is 0 Å². The molecule has 1 heterocycles. The average Bonchev–Trinajstić information content (AvgIpc) is 2.80. The van der Waals surface area contributed by atoms with Crippen LogP contribution in [-0.2, 0) is 9.59 Å². The summed E-state index contributed by atoms with van der Waals surface area (Å²) in [5.41, 5.74) is 0.538. The van der Waals surface area contributed by atoms with Crippen LogP contribution in [0.1, 0.15) is 45.2 Å². The maximum atomic E-state index is 13.1. The van der Waals surface area contributed by atoms with E-state index < -0.39 is 18.0 Å². The van der Waals surface area contributed by atoms with Gasteiger partial charge in [0.1, 0.15) is 11.9 Å². The minimum Gasteiger partial charge on any atom is -0.349 e. The van der Waals surface area contributed by atoms with E-state index in [4.69, 9.17) is 0 Å². The molecule has 0 spiro atoms. The Morgan fingerprint density at radius 3 is 2.38 bits per heavy atom. The van der Waals surface area contributed by atoms with Crippen molar-refractivity contribution in [1.82, 2.24) is 16.0 Å². The lowest BCUT2D eigenvalue weighted by Gasteiger charge is -2.32. The van der Waals surface area contributed by atoms with Crippen LogP contribution in [-0.4, -0.2) is 23.9 Å². The molecule has 0 radical (unpaired) electrons. The van der Waals surface area contributed by atoms with E-state index in [0.29, 0.717) is 0 Å². The molecular weight excluding hydrogens is 313 g/mol. The van der Waals surface area contributed by atoms with Gasteiger partial charge in [0.15, 0.2) is 0 Å². The number of carbonyl (C=O) groups is 3. The minimum atomic E-state index is -0.679. The van der Waals surface area contributed by atoms with Gasteiger partial charge in [-0.2, -0.15) is 0 Å². The highest BCUT2D eigenvalue weighted by Gasteiger charge is 2.31. The zero-order valence-corrected chi connectivity index (χ0v) is 14.0. The average molecular weight is 335 g/mol. The van der Waals surface area contributed by atoms with Crippen molar-refractivity contribution in [3.63, 3.8) is 0 Å². The van der Waals surface area contributed by atoms with Crippen LogP contribution in [0.15, 0.2) is 24.3 Å². The molecule has 1 aromatic rings. The molecule has 1 aliphatic rings. The van der Waals surface area contributed by atoms with Crippen molar-refractivity contribution in [1.29, 1.82) is 0 Å². The molecule has 0 bridgehead atoms. The Balaban J connectivity index is 1.99. The third-order valence-electron chi connectivity index (χ3n) is 3.89. The lowest BCUT2D eigenvalue weighted by atomic mass is 9.82. The van der Waals surface area contributed by atoms with E-state index in [2.05, 4.69) is 16.0 Å². The first kappa shape index (κ1) is 17.9. The monoisotopic (exact) mass is 335 g/mol. The van der Waals surface area contributed by atoms with Crippen LogP contribution in [0.2, 0.25) is 0 Å². The maximum absolute atomic E-state index is 13.1. The van der Waals surface area contributed by atoms with Crippen molar-refractivity contribution in [3.8, 4) is 0 Å². The number of hydrogen-bond acceptors (Lipinski definition) is 3. The van der Waals surface area contributed by atoms with E-state index in [0.717, 1.165) is 5.56 Å². The Morgan fingerprint density at radius 1 is 1.25 bits per heavy atom. The molecule has 0 aromatic heterocycles. The Kier molecular flexibility index (Phi) is 5.21. The summed E-state index contributed by atoms with van der Waals surface area (Å²) >= 11 is 0. The summed E-state index contributed by atoms with van der Waals surface area (Å²) in [5, 5.41) is 7.53. The van der Waals surface area contributed by atoms with Gasteiger partial charge in [-0.25, -0.2) is 9.18 Å². The van der Waals surface area contributed by atoms with Crippen LogP contribution >= 0.6 is 0 Å². The molecule has 24 heavy (non-hydrogen) atoms. The number of amides is 4. The number of nitrogens with one attached hydrogen (secondary N) is 3.